The summed E-state index contributed by atoms with van der Waals surface area (Å²) in [5.74, 6) is -0.209. The lowest BCUT2D eigenvalue weighted by molar-refractivity contribution is -0.146. The van der Waals surface area contributed by atoms with Crippen molar-refractivity contribution in [1.82, 2.24) is 9.80 Å². The van der Waals surface area contributed by atoms with E-state index in [9.17, 15) is 14.7 Å². The molecule has 1 amide bonds. The van der Waals surface area contributed by atoms with Gasteiger partial charge in [0.2, 0.25) is 5.91 Å². The molecule has 0 spiro atoms. The Kier molecular flexibility index (Phi) is 7.40. The smallest absolute Gasteiger partial charge is 0.325 e. The van der Waals surface area contributed by atoms with Gasteiger partial charge in [0.1, 0.15) is 6.54 Å². The fraction of sp³-hybridized carbons (Fsp3) is 0.579. The highest BCUT2D eigenvalue weighted by Gasteiger charge is 2.26. The predicted molar refractivity (Wildman–Crippen MR) is 94.8 cm³/mol. The third-order valence-electron chi connectivity index (χ3n) is 4.88. The van der Waals surface area contributed by atoms with Crippen molar-refractivity contribution >= 4 is 11.9 Å². The van der Waals surface area contributed by atoms with E-state index < -0.39 is 12.1 Å². The van der Waals surface area contributed by atoms with Gasteiger partial charge in [-0.2, -0.15) is 0 Å². The molecular formula is C19H28N2O4. The summed E-state index contributed by atoms with van der Waals surface area (Å²) < 4.78 is 4.57. The van der Waals surface area contributed by atoms with Crippen molar-refractivity contribution in [3.05, 3.63) is 35.9 Å². The third kappa shape index (κ3) is 5.83. The number of aliphatic hydroxyl groups is 1. The van der Waals surface area contributed by atoms with Crippen LogP contribution in [0, 0.1) is 5.92 Å². The Hall–Kier alpha value is -1.92. The summed E-state index contributed by atoms with van der Waals surface area (Å²) >= 11 is 0. The Balaban J connectivity index is 1.72. The lowest BCUT2D eigenvalue weighted by Gasteiger charge is -2.34. The van der Waals surface area contributed by atoms with E-state index in [0.717, 1.165) is 31.5 Å². The number of esters is 1. The number of methoxy groups -OCH3 is 1. The van der Waals surface area contributed by atoms with Crippen LogP contribution in [-0.2, 0) is 14.3 Å². The van der Waals surface area contributed by atoms with Gasteiger partial charge < -0.3 is 19.6 Å². The van der Waals surface area contributed by atoms with E-state index in [1.807, 2.05) is 30.3 Å². The maximum atomic E-state index is 12.0. The normalized spacial score (nSPS) is 17.1. The number of likely N-dealkylation sites (tertiary alicyclic amines) is 1. The zero-order valence-corrected chi connectivity index (χ0v) is 15.1. The molecule has 1 heterocycles. The van der Waals surface area contributed by atoms with Crippen molar-refractivity contribution in [2.75, 3.05) is 40.3 Å². The number of hydrogen-bond donors (Lipinski definition) is 1. The number of nitrogens with zero attached hydrogens (tertiary/aromatic N) is 2. The van der Waals surface area contributed by atoms with Gasteiger partial charge in [0, 0.05) is 20.0 Å². The molecule has 138 valence electrons. The predicted octanol–water partition coefficient (Wildman–Crippen LogP) is 1.45. The highest BCUT2D eigenvalue weighted by molar-refractivity contribution is 5.81. The lowest BCUT2D eigenvalue weighted by atomic mass is 9.87. The monoisotopic (exact) mass is 348 g/mol. The Morgan fingerprint density at radius 1 is 1.28 bits per heavy atom. The first-order valence-corrected chi connectivity index (χ1v) is 8.77. The Labute approximate surface area is 149 Å². The number of likely N-dealkylation sites (N-methyl/N-ethyl adjacent to an activating group) is 1. The van der Waals surface area contributed by atoms with Crippen molar-refractivity contribution in [3.8, 4) is 0 Å². The van der Waals surface area contributed by atoms with Gasteiger partial charge in [-0.1, -0.05) is 30.3 Å². The highest BCUT2D eigenvalue weighted by Crippen LogP contribution is 2.30. The van der Waals surface area contributed by atoms with Gasteiger partial charge in [0.25, 0.3) is 0 Å². The number of piperidine rings is 1. The average molecular weight is 348 g/mol. The van der Waals surface area contributed by atoms with Crippen molar-refractivity contribution in [2.24, 2.45) is 5.92 Å². The molecule has 6 heteroatoms. The van der Waals surface area contributed by atoms with Crippen molar-refractivity contribution in [2.45, 2.75) is 25.4 Å². The molecule has 2 rings (SSSR count). The van der Waals surface area contributed by atoms with E-state index in [1.165, 1.54) is 12.0 Å². The molecule has 1 aliphatic heterocycles. The first kappa shape index (κ1) is 19.4. The van der Waals surface area contributed by atoms with Crippen LogP contribution in [0.1, 0.15) is 30.9 Å². The minimum Gasteiger partial charge on any atom is -0.468 e. The van der Waals surface area contributed by atoms with E-state index in [-0.39, 0.29) is 18.4 Å². The Morgan fingerprint density at radius 3 is 2.52 bits per heavy atom. The van der Waals surface area contributed by atoms with E-state index in [1.54, 1.807) is 7.05 Å². The minimum atomic E-state index is -0.420. The van der Waals surface area contributed by atoms with Crippen LogP contribution in [0.3, 0.4) is 0 Å². The van der Waals surface area contributed by atoms with Gasteiger partial charge >= 0.3 is 5.97 Å². The van der Waals surface area contributed by atoms with Gasteiger partial charge in [0.05, 0.1) is 13.2 Å². The quantitative estimate of drug-likeness (QED) is 0.756. The number of benzene rings is 1. The van der Waals surface area contributed by atoms with Crippen molar-refractivity contribution in [1.29, 1.82) is 0 Å². The van der Waals surface area contributed by atoms with Gasteiger partial charge in [-0.05, 0) is 37.4 Å². The molecule has 0 aromatic heterocycles. The van der Waals surface area contributed by atoms with Gasteiger partial charge in [0.15, 0.2) is 0 Å². The molecule has 0 aliphatic carbocycles. The number of hydrogen-bond acceptors (Lipinski definition) is 5. The summed E-state index contributed by atoms with van der Waals surface area (Å²) in [6.45, 7) is 2.42. The summed E-state index contributed by atoms with van der Waals surface area (Å²) in [5.41, 5.74) is 0.973. The van der Waals surface area contributed by atoms with Crippen LogP contribution >= 0.6 is 0 Å². The van der Waals surface area contributed by atoms with Crippen LogP contribution in [-0.4, -0.2) is 67.1 Å². The molecule has 1 saturated heterocycles. The fourth-order valence-corrected chi connectivity index (χ4v) is 3.21. The lowest BCUT2D eigenvalue weighted by Crippen LogP contribution is -2.39. The number of carbonyl (C=O) groups excluding carboxylic acids is 2. The molecule has 1 atom stereocenters. The molecule has 25 heavy (non-hydrogen) atoms. The molecule has 0 saturated carbocycles. The van der Waals surface area contributed by atoms with Crippen LogP contribution in [0.25, 0.3) is 0 Å². The Bertz CT molecular complexity index is 556. The maximum absolute atomic E-state index is 12.0. The standard InChI is InChI=1S/C19H28N2O4/c1-20(14-18(23)25-2)17(22)10-13-21-11-8-16(9-12-21)19(24)15-6-4-3-5-7-15/h3-7,16,19,24H,8-14H2,1-2H3/t19-/m1/s1. The second kappa shape index (κ2) is 9.53. The zero-order chi connectivity index (χ0) is 18.2. The van der Waals surface area contributed by atoms with Crippen molar-refractivity contribution < 1.29 is 19.4 Å². The van der Waals surface area contributed by atoms with Crippen LogP contribution in [0.5, 0.6) is 0 Å². The molecule has 1 aromatic rings. The third-order valence-corrected chi connectivity index (χ3v) is 4.88. The summed E-state index contributed by atoms with van der Waals surface area (Å²) in [5, 5.41) is 10.5. The van der Waals surface area contributed by atoms with Crippen LogP contribution in [0.4, 0.5) is 0 Å². The van der Waals surface area contributed by atoms with Crippen molar-refractivity contribution in [3.63, 3.8) is 0 Å². The summed E-state index contributed by atoms with van der Waals surface area (Å²) in [6.07, 6.45) is 1.81. The first-order valence-electron chi connectivity index (χ1n) is 8.77. The van der Waals surface area contributed by atoms with Gasteiger partial charge in [-0.3, -0.25) is 9.59 Å². The van der Waals surface area contributed by atoms with Crippen LogP contribution in [0.15, 0.2) is 30.3 Å². The van der Waals surface area contributed by atoms with E-state index in [2.05, 4.69) is 9.64 Å². The van der Waals surface area contributed by atoms with E-state index in [4.69, 9.17) is 0 Å². The number of rotatable bonds is 7. The highest BCUT2D eigenvalue weighted by atomic mass is 16.5. The second-order valence-electron chi connectivity index (χ2n) is 6.61. The second-order valence-corrected chi connectivity index (χ2v) is 6.61. The summed E-state index contributed by atoms with van der Waals surface area (Å²) in [7, 11) is 2.93. The molecule has 0 bridgehead atoms. The SMILES string of the molecule is COC(=O)CN(C)C(=O)CCN1CCC([C@H](O)c2ccccc2)CC1. The number of amides is 1. The molecule has 1 N–H and O–H groups in total. The number of aliphatic hydroxyl groups excluding tert-OH is 1. The minimum absolute atomic E-state index is 0.0132. The maximum Gasteiger partial charge on any atom is 0.325 e. The van der Waals surface area contributed by atoms with E-state index >= 15 is 0 Å². The largest absolute Gasteiger partial charge is 0.468 e. The molecule has 1 fully saturated rings. The average Bonchev–Trinajstić information content (AvgIpc) is 2.66. The fourth-order valence-electron chi connectivity index (χ4n) is 3.21. The molecule has 6 nitrogen and oxygen atoms in total. The molecular weight excluding hydrogens is 320 g/mol. The Morgan fingerprint density at radius 2 is 1.92 bits per heavy atom. The topological polar surface area (TPSA) is 70.1 Å². The summed E-state index contributed by atoms with van der Waals surface area (Å²) in [6, 6.07) is 9.78. The number of carbonyl (C=O) groups is 2. The summed E-state index contributed by atoms with van der Waals surface area (Å²) in [4.78, 5) is 26.9. The van der Waals surface area contributed by atoms with E-state index in [0.29, 0.717) is 13.0 Å². The molecule has 0 radical (unpaired) electrons. The number of ether oxygens (including phenoxy) is 1. The molecule has 1 aliphatic rings. The van der Waals surface area contributed by atoms with Gasteiger partial charge in [-0.25, -0.2) is 0 Å². The van der Waals surface area contributed by atoms with Crippen LogP contribution in [0.2, 0.25) is 0 Å². The first-order chi connectivity index (χ1) is 12.0. The molecule has 0 unspecified atom stereocenters. The van der Waals surface area contributed by atoms with Gasteiger partial charge in [-0.15, -0.1) is 0 Å². The molecule has 1 aromatic carbocycles. The van der Waals surface area contributed by atoms with Crippen LogP contribution < -0.4 is 0 Å². The zero-order valence-electron chi connectivity index (χ0n) is 15.1.